The average Bonchev–Trinajstić information content (AvgIpc) is 2.69. The Labute approximate surface area is 87.9 Å². The fourth-order valence-corrected chi connectivity index (χ4v) is 1.67. The number of nitrogens with zero attached hydrogens (tertiary/aromatic N) is 1. The molecule has 0 aliphatic carbocycles. The molecule has 0 aliphatic rings. The van der Waals surface area contributed by atoms with E-state index in [-0.39, 0.29) is 5.88 Å². The smallest absolute Gasteiger partial charge is 0.222 e. The zero-order valence-corrected chi connectivity index (χ0v) is 9.08. The molecule has 0 bridgehead atoms. The summed E-state index contributed by atoms with van der Waals surface area (Å²) in [6, 6.07) is 9.80. The molecule has 0 aliphatic heterocycles. The fourth-order valence-electron chi connectivity index (χ4n) is 0.979. The molecular formula is C11H13NOS. The molecule has 0 saturated carbocycles. The van der Waals surface area contributed by atoms with Crippen LogP contribution < -0.4 is 0 Å². The third-order valence-electron chi connectivity index (χ3n) is 1.51. The normalized spacial score (nSPS) is 9.00. The third kappa shape index (κ3) is 2.57. The number of benzene rings is 1. The molecular weight excluding hydrogens is 194 g/mol. The third-order valence-corrected chi connectivity index (χ3v) is 2.39. The molecule has 0 unspecified atom stereocenters. The van der Waals surface area contributed by atoms with Crippen LogP contribution in [0.2, 0.25) is 0 Å². The number of thiazole rings is 1. The van der Waals surface area contributed by atoms with Gasteiger partial charge in [-0.05, 0) is 0 Å². The maximum Gasteiger partial charge on any atom is 0.222 e. The molecule has 14 heavy (non-hydrogen) atoms. The molecule has 0 amide bonds. The van der Waals surface area contributed by atoms with Crippen LogP contribution in [0.1, 0.15) is 13.8 Å². The minimum absolute atomic E-state index is 0.0962. The Balaban J connectivity index is 0.000000461. The highest BCUT2D eigenvalue weighted by Gasteiger charge is 2.01. The first-order chi connectivity index (χ1) is 6.86. The molecule has 0 spiro atoms. The summed E-state index contributed by atoms with van der Waals surface area (Å²) >= 11 is 1.44. The molecule has 0 saturated heterocycles. The van der Waals surface area contributed by atoms with Crippen LogP contribution in [0.4, 0.5) is 0 Å². The van der Waals surface area contributed by atoms with Gasteiger partial charge in [0.05, 0.1) is 5.38 Å². The average molecular weight is 207 g/mol. The first-order valence-corrected chi connectivity index (χ1v) is 5.44. The van der Waals surface area contributed by atoms with Gasteiger partial charge in [0.1, 0.15) is 5.01 Å². The van der Waals surface area contributed by atoms with Crippen LogP contribution >= 0.6 is 11.3 Å². The van der Waals surface area contributed by atoms with Gasteiger partial charge in [-0.15, -0.1) is 11.3 Å². The molecule has 2 aromatic rings. The van der Waals surface area contributed by atoms with E-state index in [1.807, 2.05) is 44.2 Å². The molecule has 1 heterocycles. The lowest BCUT2D eigenvalue weighted by Crippen LogP contribution is -1.72. The topological polar surface area (TPSA) is 33.1 Å². The van der Waals surface area contributed by atoms with Crippen LogP contribution in [-0.2, 0) is 0 Å². The van der Waals surface area contributed by atoms with Crippen LogP contribution in [0.3, 0.4) is 0 Å². The largest absolute Gasteiger partial charge is 0.493 e. The Bertz CT molecular complexity index is 370. The quantitative estimate of drug-likeness (QED) is 0.775. The van der Waals surface area contributed by atoms with E-state index in [2.05, 4.69) is 4.98 Å². The predicted molar refractivity (Wildman–Crippen MR) is 60.6 cm³/mol. The standard InChI is InChI=1S/C9H7NOS.C2H6/c11-8-6-12-9(10-8)7-4-2-1-3-5-7;1-2/h1-6,11H;1-2H3. The highest BCUT2D eigenvalue weighted by Crippen LogP contribution is 2.25. The number of aromatic nitrogens is 1. The lowest BCUT2D eigenvalue weighted by molar-refractivity contribution is 0.458. The van der Waals surface area contributed by atoms with Crippen molar-refractivity contribution in [3.8, 4) is 16.5 Å². The van der Waals surface area contributed by atoms with E-state index in [0.29, 0.717) is 0 Å². The molecule has 0 fully saturated rings. The summed E-state index contributed by atoms with van der Waals surface area (Å²) in [5, 5.41) is 11.5. The molecule has 2 nitrogen and oxygen atoms in total. The van der Waals surface area contributed by atoms with Gasteiger partial charge in [-0.25, -0.2) is 4.98 Å². The first-order valence-electron chi connectivity index (χ1n) is 4.56. The SMILES string of the molecule is CC.Oc1csc(-c2ccccc2)n1. The van der Waals surface area contributed by atoms with Crippen LogP contribution in [0.25, 0.3) is 10.6 Å². The summed E-state index contributed by atoms with van der Waals surface area (Å²) < 4.78 is 0. The van der Waals surface area contributed by atoms with Gasteiger partial charge in [0.15, 0.2) is 0 Å². The van der Waals surface area contributed by atoms with Crippen molar-refractivity contribution in [3.05, 3.63) is 35.7 Å². The fraction of sp³-hybridized carbons (Fsp3) is 0.182. The summed E-state index contributed by atoms with van der Waals surface area (Å²) in [7, 11) is 0. The highest BCUT2D eigenvalue weighted by molar-refractivity contribution is 7.13. The predicted octanol–water partition coefficient (Wildman–Crippen LogP) is 3.54. The van der Waals surface area contributed by atoms with Crippen molar-refractivity contribution in [2.75, 3.05) is 0 Å². The van der Waals surface area contributed by atoms with Crippen LogP contribution in [0, 0.1) is 0 Å². The summed E-state index contributed by atoms with van der Waals surface area (Å²) in [5.41, 5.74) is 1.04. The lowest BCUT2D eigenvalue weighted by Gasteiger charge is -1.91. The number of hydrogen-bond donors (Lipinski definition) is 1. The second-order valence-corrected chi connectivity index (χ2v) is 3.23. The van der Waals surface area contributed by atoms with Crippen LogP contribution in [0.15, 0.2) is 35.7 Å². The molecule has 0 atom stereocenters. The number of hydrogen-bond acceptors (Lipinski definition) is 3. The van der Waals surface area contributed by atoms with Crippen molar-refractivity contribution in [2.45, 2.75) is 13.8 Å². The monoisotopic (exact) mass is 207 g/mol. The van der Waals surface area contributed by atoms with Gasteiger partial charge >= 0.3 is 0 Å². The Morgan fingerprint density at radius 3 is 2.29 bits per heavy atom. The van der Waals surface area contributed by atoms with E-state index < -0.39 is 0 Å². The first kappa shape index (κ1) is 10.7. The van der Waals surface area contributed by atoms with E-state index in [0.717, 1.165) is 10.6 Å². The Morgan fingerprint density at radius 1 is 1.14 bits per heavy atom. The summed E-state index contributed by atoms with van der Waals surface area (Å²) in [4.78, 5) is 3.96. The molecule has 2 rings (SSSR count). The molecule has 1 N–H and O–H groups in total. The maximum atomic E-state index is 9.01. The lowest BCUT2D eigenvalue weighted by atomic mass is 10.2. The van der Waals surface area contributed by atoms with Crippen LogP contribution in [0.5, 0.6) is 5.88 Å². The zero-order chi connectivity index (χ0) is 10.4. The Hall–Kier alpha value is -1.35. The van der Waals surface area contributed by atoms with Crippen molar-refractivity contribution in [3.63, 3.8) is 0 Å². The molecule has 0 radical (unpaired) electrons. The van der Waals surface area contributed by atoms with E-state index in [1.165, 1.54) is 11.3 Å². The Morgan fingerprint density at radius 2 is 1.79 bits per heavy atom. The summed E-state index contributed by atoms with van der Waals surface area (Å²) in [6.07, 6.45) is 0. The minimum atomic E-state index is 0.0962. The van der Waals surface area contributed by atoms with Gasteiger partial charge in [-0.2, -0.15) is 0 Å². The van der Waals surface area contributed by atoms with E-state index in [4.69, 9.17) is 5.11 Å². The van der Waals surface area contributed by atoms with Crippen molar-refractivity contribution in [1.29, 1.82) is 0 Å². The summed E-state index contributed by atoms with van der Waals surface area (Å²) in [5.74, 6) is 0.0962. The van der Waals surface area contributed by atoms with Crippen molar-refractivity contribution in [2.24, 2.45) is 0 Å². The Kier molecular flexibility index (Phi) is 4.13. The van der Waals surface area contributed by atoms with Crippen LogP contribution in [-0.4, -0.2) is 10.1 Å². The van der Waals surface area contributed by atoms with E-state index in [9.17, 15) is 0 Å². The van der Waals surface area contributed by atoms with Gasteiger partial charge in [0.25, 0.3) is 0 Å². The maximum absolute atomic E-state index is 9.01. The number of rotatable bonds is 1. The van der Waals surface area contributed by atoms with Gasteiger partial charge < -0.3 is 5.11 Å². The summed E-state index contributed by atoms with van der Waals surface area (Å²) in [6.45, 7) is 4.00. The van der Waals surface area contributed by atoms with Crippen molar-refractivity contribution < 1.29 is 5.11 Å². The van der Waals surface area contributed by atoms with Gasteiger partial charge in [-0.1, -0.05) is 44.2 Å². The van der Waals surface area contributed by atoms with Gasteiger partial charge in [-0.3, -0.25) is 0 Å². The highest BCUT2D eigenvalue weighted by atomic mass is 32.1. The zero-order valence-electron chi connectivity index (χ0n) is 8.27. The molecule has 3 heteroatoms. The molecule has 1 aromatic carbocycles. The van der Waals surface area contributed by atoms with E-state index >= 15 is 0 Å². The molecule has 74 valence electrons. The van der Waals surface area contributed by atoms with Crippen molar-refractivity contribution >= 4 is 11.3 Å². The van der Waals surface area contributed by atoms with Gasteiger partial charge in [0.2, 0.25) is 5.88 Å². The van der Waals surface area contributed by atoms with Gasteiger partial charge in [0, 0.05) is 5.56 Å². The number of aromatic hydroxyl groups is 1. The molecule has 1 aromatic heterocycles. The second kappa shape index (κ2) is 5.40. The van der Waals surface area contributed by atoms with E-state index in [1.54, 1.807) is 5.38 Å². The minimum Gasteiger partial charge on any atom is -0.493 e. The second-order valence-electron chi connectivity index (χ2n) is 2.38. The van der Waals surface area contributed by atoms with Crippen molar-refractivity contribution in [1.82, 2.24) is 4.98 Å².